The van der Waals surface area contributed by atoms with Crippen LogP contribution in [0.15, 0.2) is 18.6 Å². The van der Waals surface area contributed by atoms with E-state index in [0.717, 1.165) is 6.04 Å². The zero-order chi connectivity index (χ0) is 20.2. The lowest BCUT2D eigenvalue weighted by atomic mass is 10.1. The molecule has 0 atom stereocenters. The Morgan fingerprint density at radius 3 is 2.33 bits per heavy atom. The second kappa shape index (κ2) is 8.94. The van der Waals surface area contributed by atoms with Crippen LogP contribution in [0.25, 0.3) is 0 Å². The number of nitrogens with zero attached hydrogens (tertiary/aromatic N) is 3. The van der Waals surface area contributed by atoms with Gasteiger partial charge in [0, 0.05) is 39.7 Å². The predicted octanol–water partition coefficient (Wildman–Crippen LogP) is 5.59. The molecule has 0 bridgehead atoms. The van der Waals surface area contributed by atoms with Crippen molar-refractivity contribution < 1.29 is 17.9 Å². The third-order valence-corrected chi connectivity index (χ3v) is 6.16. The van der Waals surface area contributed by atoms with Gasteiger partial charge in [-0.2, -0.15) is 13.2 Å². The van der Waals surface area contributed by atoms with Gasteiger partial charge in [0.15, 0.2) is 0 Å². The van der Waals surface area contributed by atoms with Crippen molar-refractivity contribution in [3.8, 4) is 0 Å². The van der Waals surface area contributed by atoms with E-state index in [4.69, 9.17) is 27.9 Å². The summed E-state index contributed by atoms with van der Waals surface area (Å²) >= 11 is 12.2. The molecule has 0 unspecified atom stereocenters. The Morgan fingerprint density at radius 1 is 1.15 bits per heavy atom. The number of ether oxygens (including phenoxy) is 1. The van der Waals surface area contributed by atoms with Crippen molar-refractivity contribution in [2.75, 3.05) is 6.61 Å². The van der Waals surface area contributed by atoms with Gasteiger partial charge >= 0.3 is 6.18 Å². The van der Waals surface area contributed by atoms with E-state index in [1.165, 1.54) is 17.0 Å². The van der Waals surface area contributed by atoms with E-state index in [0.29, 0.717) is 27.9 Å². The summed E-state index contributed by atoms with van der Waals surface area (Å²) < 4.78 is 45.7. The number of pyridine rings is 1. The highest BCUT2D eigenvalue weighted by Gasteiger charge is 2.31. The van der Waals surface area contributed by atoms with E-state index < -0.39 is 20.7 Å². The van der Waals surface area contributed by atoms with Crippen LogP contribution in [0.3, 0.4) is 0 Å². The quantitative estimate of drug-likeness (QED) is 0.397. The Kier molecular flexibility index (Phi) is 7.35. The molecule has 0 saturated carbocycles. The molecule has 0 spiro atoms. The molecule has 0 radical (unpaired) electrons. The molecule has 4 nitrogen and oxygen atoms in total. The first-order valence-electron chi connectivity index (χ1n) is 8.42. The Labute approximate surface area is 167 Å². The maximum absolute atomic E-state index is 12.9. The molecule has 0 aliphatic carbocycles. The maximum Gasteiger partial charge on any atom is 0.396 e. The fourth-order valence-corrected chi connectivity index (χ4v) is 3.61. The van der Waals surface area contributed by atoms with Crippen LogP contribution in [0.2, 0.25) is 35.7 Å². The average molecular weight is 440 g/mol. The van der Waals surface area contributed by atoms with Crippen LogP contribution in [0, 0.1) is 0 Å². The summed E-state index contributed by atoms with van der Waals surface area (Å²) in [5.74, 6) is -0.0909. The summed E-state index contributed by atoms with van der Waals surface area (Å²) in [6, 6.07) is 0.936. The number of hydrogen-bond acceptors (Lipinski definition) is 3. The van der Waals surface area contributed by atoms with E-state index in [2.05, 4.69) is 29.6 Å². The number of rotatable bonds is 8. The van der Waals surface area contributed by atoms with Crippen molar-refractivity contribution in [2.24, 2.45) is 0 Å². The molecule has 0 fully saturated rings. The predicted molar refractivity (Wildman–Crippen MR) is 103 cm³/mol. The fourth-order valence-electron chi connectivity index (χ4n) is 2.36. The highest BCUT2D eigenvalue weighted by molar-refractivity contribution is 6.76. The van der Waals surface area contributed by atoms with Crippen LogP contribution < -0.4 is 0 Å². The topological polar surface area (TPSA) is 39.9 Å². The van der Waals surface area contributed by atoms with Gasteiger partial charge in [-0.3, -0.25) is 4.98 Å². The van der Waals surface area contributed by atoms with Crippen molar-refractivity contribution in [2.45, 2.75) is 51.4 Å². The number of aromatic nitrogens is 3. The molecule has 2 aromatic rings. The molecule has 10 heteroatoms. The van der Waals surface area contributed by atoms with Gasteiger partial charge in [0.05, 0.1) is 15.7 Å². The van der Waals surface area contributed by atoms with Crippen molar-refractivity contribution in [3.63, 3.8) is 0 Å². The van der Waals surface area contributed by atoms with Crippen LogP contribution in [0.4, 0.5) is 13.2 Å². The minimum absolute atomic E-state index is 0.0285. The van der Waals surface area contributed by atoms with Crippen LogP contribution in [-0.2, 0) is 24.3 Å². The Morgan fingerprint density at radius 2 is 1.78 bits per heavy atom. The van der Waals surface area contributed by atoms with Gasteiger partial charge < -0.3 is 9.30 Å². The Bertz CT molecular complexity index is 756. The summed E-state index contributed by atoms with van der Waals surface area (Å²) in [5, 5.41) is 0.696. The first kappa shape index (κ1) is 22.2. The van der Waals surface area contributed by atoms with Crippen LogP contribution in [-0.4, -0.2) is 35.4 Å². The number of hydrogen-bond donors (Lipinski definition) is 0. The summed E-state index contributed by atoms with van der Waals surface area (Å²) in [7, 11) is -1.27. The summed E-state index contributed by atoms with van der Waals surface area (Å²) in [5.41, 5.74) is 1.02. The monoisotopic (exact) mass is 439 g/mol. The molecule has 0 aromatic carbocycles. The van der Waals surface area contributed by atoms with Crippen molar-refractivity contribution in [1.29, 1.82) is 0 Å². The van der Waals surface area contributed by atoms with Gasteiger partial charge in [-0.05, 0) is 11.6 Å². The van der Waals surface area contributed by atoms with Gasteiger partial charge in [0.1, 0.15) is 19.0 Å². The zero-order valence-electron chi connectivity index (χ0n) is 15.4. The average Bonchev–Trinajstić information content (AvgIpc) is 2.86. The van der Waals surface area contributed by atoms with E-state index in [9.17, 15) is 13.2 Å². The summed E-state index contributed by atoms with van der Waals surface area (Å²) in [6.07, 6.45) is -0.825. The molecular weight excluding hydrogens is 418 g/mol. The molecule has 27 heavy (non-hydrogen) atoms. The molecule has 0 aliphatic rings. The summed E-state index contributed by atoms with van der Waals surface area (Å²) in [4.78, 5) is 8.01. The lowest BCUT2D eigenvalue weighted by Gasteiger charge is -2.16. The van der Waals surface area contributed by atoms with Crippen molar-refractivity contribution in [1.82, 2.24) is 14.5 Å². The van der Waals surface area contributed by atoms with Crippen LogP contribution >= 0.6 is 23.2 Å². The van der Waals surface area contributed by atoms with Gasteiger partial charge in [0.2, 0.25) is 0 Å². The van der Waals surface area contributed by atoms with Gasteiger partial charge in [-0.1, -0.05) is 42.8 Å². The van der Waals surface area contributed by atoms with Crippen molar-refractivity contribution >= 4 is 31.3 Å². The fraction of sp³-hybridized carbons (Fsp3) is 0.529. The highest BCUT2D eigenvalue weighted by Crippen LogP contribution is 2.27. The van der Waals surface area contributed by atoms with Gasteiger partial charge in [0.25, 0.3) is 0 Å². The molecule has 0 saturated heterocycles. The van der Waals surface area contributed by atoms with E-state index in [1.807, 2.05) is 0 Å². The first-order chi connectivity index (χ1) is 12.4. The minimum Gasteiger partial charge on any atom is -0.361 e. The van der Waals surface area contributed by atoms with Crippen LogP contribution in [0.5, 0.6) is 0 Å². The highest BCUT2D eigenvalue weighted by atomic mass is 35.5. The van der Waals surface area contributed by atoms with Crippen molar-refractivity contribution in [3.05, 3.63) is 45.7 Å². The first-order valence-corrected chi connectivity index (χ1v) is 12.9. The Balaban J connectivity index is 2.16. The molecule has 2 aromatic heterocycles. The standard InChI is InChI=1S/C17H22Cl2F3N3OSi/c1-27(2,3)5-4-26-11-25-10-12(24-16(25)7-17(20,21)22)6-13-14(18)8-23-9-15(13)19/h8-10H,4-7,11H2,1-3H3. The molecule has 0 N–H and O–H groups in total. The lowest BCUT2D eigenvalue weighted by Crippen LogP contribution is -2.22. The van der Waals surface area contributed by atoms with E-state index >= 15 is 0 Å². The summed E-state index contributed by atoms with van der Waals surface area (Å²) in [6.45, 7) is 7.17. The number of halogens is 5. The number of alkyl halides is 3. The normalized spacial score (nSPS) is 12.6. The third kappa shape index (κ3) is 7.44. The van der Waals surface area contributed by atoms with E-state index in [-0.39, 0.29) is 19.0 Å². The zero-order valence-corrected chi connectivity index (χ0v) is 17.9. The maximum atomic E-state index is 12.9. The molecule has 2 heterocycles. The Hall–Kier alpha value is -1.09. The third-order valence-electron chi connectivity index (χ3n) is 3.80. The smallest absolute Gasteiger partial charge is 0.361 e. The van der Waals surface area contributed by atoms with Gasteiger partial charge in [-0.15, -0.1) is 0 Å². The van der Waals surface area contributed by atoms with Crippen LogP contribution in [0.1, 0.15) is 17.1 Å². The molecular formula is C17H22Cl2F3N3OSi. The molecule has 150 valence electrons. The minimum atomic E-state index is -4.36. The van der Waals surface area contributed by atoms with Gasteiger partial charge in [-0.25, -0.2) is 4.98 Å². The second-order valence-corrected chi connectivity index (χ2v) is 14.0. The lowest BCUT2D eigenvalue weighted by molar-refractivity contribution is -0.129. The van der Waals surface area contributed by atoms with E-state index in [1.54, 1.807) is 6.20 Å². The second-order valence-electron chi connectivity index (χ2n) is 7.52. The largest absolute Gasteiger partial charge is 0.396 e. The SMILES string of the molecule is C[Si](C)(C)CCOCn1cc(Cc2c(Cl)cncc2Cl)nc1CC(F)(F)F. The molecule has 0 aliphatic heterocycles. The molecule has 0 amide bonds. The molecule has 2 rings (SSSR count). The number of imidazole rings is 1.